The van der Waals surface area contributed by atoms with Crippen LogP contribution in [-0.2, 0) is 11.2 Å². The SMILES string of the molecule is O=C(CCCC(=O)c1ccccc1)NCCc1cc(-c2ccccc2)on1. The molecular formula is C22H22N2O3. The number of hydrogen-bond donors (Lipinski definition) is 1. The minimum absolute atomic E-state index is 0.0531. The number of hydrogen-bond acceptors (Lipinski definition) is 4. The van der Waals surface area contributed by atoms with Crippen molar-refractivity contribution in [2.45, 2.75) is 25.7 Å². The lowest BCUT2D eigenvalue weighted by molar-refractivity contribution is -0.121. The second-order valence-electron chi connectivity index (χ2n) is 6.29. The summed E-state index contributed by atoms with van der Waals surface area (Å²) in [5.41, 5.74) is 2.47. The summed E-state index contributed by atoms with van der Waals surface area (Å²) in [6, 6.07) is 20.8. The number of aromatic nitrogens is 1. The topological polar surface area (TPSA) is 72.2 Å². The van der Waals surface area contributed by atoms with E-state index in [1.807, 2.05) is 54.6 Å². The molecule has 0 fully saturated rings. The van der Waals surface area contributed by atoms with Crippen molar-refractivity contribution >= 4 is 11.7 Å². The van der Waals surface area contributed by atoms with Gasteiger partial charge in [0.25, 0.3) is 0 Å². The molecule has 1 aromatic heterocycles. The van der Waals surface area contributed by atoms with Gasteiger partial charge in [-0.2, -0.15) is 0 Å². The number of carbonyl (C=O) groups is 2. The van der Waals surface area contributed by atoms with Crippen LogP contribution in [-0.4, -0.2) is 23.4 Å². The molecule has 1 heterocycles. The van der Waals surface area contributed by atoms with Crippen LogP contribution in [0.5, 0.6) is 0 Å². The van der Waals surface area contributed by atoms with E-state index in [2.05, 4.69) is 10.5 Å². The van der Waals surface area contributed by atoms with Crippen molar-refractivity contribution in [2.24, 2.45) is 0 Å². The highest BCUT2D eigenvalue weighted by Crippen LogP contribution is 2.19. The average molecular weight is 362 g/mol. The number of carbonyl (C=O) groups excluding carboxylic acids is 2. The van der Waals surface area contributed by atoms with Crippen LogP contribution < -0.4 is 5.32 Å². The van der Waals surface area contributed by atoms with Gasteiger partial charge >= 0.3 is 0 Å². The highest BCUT2D eigenvalue weighted by atomic mass is 16.5. The van der Waals surface area contributed by atoms with Crippen molar-refractivity contribution in [3.8, 4) is 11.3 Å². The molecule has 2 aromatic carbocycles. The fourth-order valence-electron chi connectivity index (χ4n) is 2.76. The van der Waals surface area contributed by atoms with Crippen molar-refractivity contribution in [1.29, 1.82) is 0 Å². The fourth-order valence-corrected chi connectivity index (χ4v) is 2.76. The zero-order valence-electron chi connectivity index (χ0n) is 15.1. The molecule has 0 atom stereocenters. The molecular weight excluding hydrogens is 340 g/mol. The molecule has 5 heteroatoms. The third kappa shape index (κ3) is 5.64. The number of amides is 1. The summed E-state index contributed by atoms with van der Waals surface area (Å²) < 4.78 is 5.34. The molecule has 0 bridgehead atoms. The number of ketones is 1. The molecule has 1 amide bonds. The molecule has 0 aliphatic heterocycles. The van der Waals surface area contributed by atoms with E-state index in [1.165, 1.54) is 0 Å². The first-order chi connectivity index (χ1) is 13.2. The predicted molar refractivity (Wildman–Crippen MR) is 103 cm³/mol. The van der Waals surface area contributed by atoms with Crippen LogP contribution in [0.15, 0.2) is 71.3 Å². The summed E-state index contributed by atoms with van der Waals surface area (Å²) in [4.78, 5) is 23.9. The van der Waals surface area contributed by atoms with Gasteiger partial charge in [0.1, 0.15) is 0 Å². The van der Waals surface area contributed by atoms with Gasteiger partial charge in [-0.3, -0.25) is 9.59 Å². The summed E-state index contributed by atoms with van der Waals surface area (Å²) in [6.45, 7) is 0.492. The van der Waals surface area contributed by atoms with Crippen LogP contribution in [0.1, 0.15) is 35.3 Å². The Bertz CT molecular complexity index is 873. The molecule has 0 aliphatic carbocycles. The van der Waals surface area contributed by atoms with Gasteiger partial charge < -0.3 is 9.84 Å². The largest absolute Gasteiger partial charge is 0.356 e. The van der Waals surface area contributed by atoms with Gasteiger partial charge in [-0.05, 0) is 6.42 Å². The van der Waals surface area contributed by atoms with Gasteiger partial charge in [-0.25, -0.2) is 0 Å². The van der Waals surface area contributed by atoms with E-state index in [0.29, 0.717) is 37.8 Å². The number of Topliss-reactive ketones (excluding diaryl/α,β-unsaturated/α-hetero) is 1. The summed E-state index contributed by atoms with van der Waals surface area (Å²) in [5, 5.41) is 6.90. The minimum atomic E-state index is -0.0531. The molecule has 3 rings (SSSR count). The van der Waals surface area contributed by atoms with Gasteiger partial charge in [-0.15, -0.1) is 0 Å². The van der Waals surface area contributed by atoms with Gasteiger partial charge in [0.15, 0.2) is 11.5 Å². The number of nitrogens with zero attached hydrogens (tertiary/aromatic N) is 1. The minimum Gasteiger partial charge on any atom is -0.356 e. The second-order valence-corrected chi connectivity index (χ2v) is 6.29. The molecule has 0 saturated heterocycles. The normalized spacial score (nSPS) is 10.5. The summed E-state index contributed by atoms with van der Waals surface area (Å²) in [6.07, 6.45) is 1.86. The highest BCUT2D eigenvalue weighted by molar-refractivity contribution is 5.96. The van der Waals surface area contributed by atoms with E-state index in [0.717, 1.165) is 17.0 Å². The van der Waals surface area contributed by atoms with E-state index in [-0.39, 0.29) is 11.7 Å². The zero-order chi connectivity index (χ0) is 18.9. The molecule has 0 radical (unpaired) electrons. The van der Waals surface area contributed by atoms with E-state index in [9.17, 15) is 9.59 Å². The predicted octanol–water partition coefficient (Wildman–Crippen LogP) is 4.05. The van der Waals surface area contributed by atoms with Gasteiger partial charge in [0, 0.05) is 43.0 Å². The number of nitrogens with one attached hydrogen (secondary N) is 1. The first-order valence-electron chi connectivity index (χ1n) is 9.08. The maximum Gasteiger partial charge on any atom is 0.220 e. The Labute approximate surface area is 158 Å². The van der Waals surface area contributed by atoms with Crippen LogP contribution >= 0.6 is 0 Å². The van der Waals surface area contributed by atoms with Gasteiger partial charge in [0.2, 0.25) is 5.91 Å². The lowest BCUT2D eigenvalue weighted by Gasteiger charge is -2.04. The highest BCUT2D eigenvalue weighted by Gasteiger charge is 2.09. The van der Waals surface area contributed by atoms with Crippen LogP contribution in [0.3, 0.4) is 0 Å². The molecule has 138 valence electrons. The van der Waals surface area contributed by atoms with Crippen molar-refractivity contribution in [2.75, 3.05) is 6.54 Å². The molecule has 0 spiro atoms. The maximum absolute atomic E-state index is 12.0. The van der Waals surface area contributed by atoms with Crippen LogP contribution in [0.2, 0.25) is 0 Å². The Morgan fingerprint density at radius 2 is 1.63 bits per heavy atom. The number of benzene rings is 2. The summed E-state index contributed by atoms with van der Waals surface area (Å²) >= 11 is 0. The van der Waals surface area contributed by atoms with Crippen molar-refractivity contribution in [3.05, 3.63) is 78.0 Å². The summed E-state index contributed by atoms with van der Waals surface area (Å²) in [7, 11) is 0. The van der Waals surface area contributed by atoms with Crippen LogP contribution in [0.25, 0.3) is 11.3 Å². The lowest BCUT2D eigenvalue weighted by atomic mass is 10.1. The van der Waals surface area contributed by atoms with Crippen LogP contribution in [0.4, 0.5) is 0 Å². The van der Waals surface area contributed by atoms with Gasteiger partial charge in [0.05, 0.1) is 5.69 Å². The smallest absolute Gasteiger partial charge is 0.220 e. The van der Waals surface area contributed by atoms with E-state index >= 15 is 0 Å². The Balaban J connectivity index is 1.35. The average Bonchev–Trinajstić information content (AvgIpc) is 3.18. The molecule has 27 heavy (non-hydrogen) atoms. The third-order valence-electron chi connectivity index (χ3n) is 4.22. The molecule has 5 nitrogen and oxygen atoms in total. The third-order valence-corrected chi connectivity index (χ3v) is 4.22. The van der Waals surface area contributed by atoms with Crippen molar-refractivity contribution in [3.63, 3.8) is 0 Å². The second kappa shape index (κ2) is 9.48. The van der Waals surface area contributed by atoms with E-state index in [1.54, 1.807) is 12.1 Å². The Hall–Kier alpha value is -3.21. The fraction of sp³-hybridized carbons (Fsp3) is 0.227. The first-order valence-corrected chi connectivity index (χ1v) is 9.08. The maximum atomic E-state index is 12.0. The van der Waals surface area contributed by atoms with Gasteiger partial charge in [-0.1, -0.05) is 65.8 Å². The quantitative estimate of drug-likeness (QED) is 0.583. The molecule has 1 N–H and O–H groups in total. The monoisotopic (exact) mass is 362 g/mol. The molecule has 0 aliphatic rings. The molecule has 0 unspecified atom stereocenters. The molecule has 3 aromatic rings. The zero-order valence-corrected chi connectivity index (χ0v) is 15.1. The van der Waals surface area contributed by atoms with E-state index in [4.69, 9.17) is 4.52 Å². The Morgan fingerprint density at radius 1 is 0.926 bits per heavy atom. The summed E-state index contributed by atoms with van der Waals surface area (Å²) in [5.74, 6) is 0.735. The number of rotatable bonds is 9. The lowest BCUT2D eigenvalue weighted by Crippen LogP contribution is -2.25. The standard InChI is InChI=1S/C22H22N2O3/c25-20(17-8-3-1-4-9-17)12-7-13-22(26)23-15-14-19-16-21(27-24-19)18-10-5-2-6-11-18/h1-6,8-11,16H,7,12-15H2,(H,23,26). The molecule has 0 saturated carbocycles. The van der Waals surface area contributed by atoms with Crippen molar-refractivity contribution < 1.29 is 14.1 Å². The van der Waals surface area contributed by atoms with E-state index < -0.39 is 0 Å². The first kappa shape index (κ1) is 18.6. The Morgan fingerprint density at radius 3 is 2.37 bits per heavy atom. The van der Waals surface area contributed by atoms with Crippen molar-refractivity contribution in [1.82, 2.24) is 10.5 Å². The Kier molecular flexibility index (Phi) is 6.52. The van der Waals surface area contributed by atoms with Crippen LogP contribution in [0, 0.1) is 0 Å².